The van der Waals surface area contributed by atoms with Crippen molar-refractivity contribution in [3.05, 3.63) is 42.0 Å². The van der Waals surface area contributed by atoms with Gasteiger partial charge in [-0.2, -0.15) is 0 Å². The van der Waals surface area contributed by atoms with Gasteiger partial charge >= 0.3 is 0 Å². The van der Waals surface area contributed by atoms with E-state index in [2.05, 4.69) is 17.3 Å². The number of hydrogen-bond donors (Lipinski definition) is 1. The molecule has 2 heterocycles. The van der Waals surface area contributed by atoms with Crippen molar-refractivity contribution in [1.82, 2.24) is 19.8 Å². The molecule has 1 aliphatic heterocycles. The Balaban J connectivity index is 1.47. The lowest BCUT2D eigenvalue weighted by Gasteiger charge is -2.32. The van der Waals surface area contributed by atoms with Gasteiger partial charge in [0.1, 0.15) is 5.82 Å². The summed E-state index contributed by atoms with van der Waals surface area (Å²) in [6, 6.07) is 11.8. The molecule has 2 aromatic carbocycles. The summed E-state index contributed by atoms with van der Waals surface area (Å²) < 4.78 is 11.0. The van der Waals surface area contributed by atoms with Gasteiger partial charge in [-0.15, -0.1) is 0 Å². The van der Waals surface area contributed by atoms with Crippen molar-refractivity contribution in [2.24, 2.45) is 0 Å². The fourth-order valence-electron chi connectivity index (χ4n) is 4.07. The number of rotatable bonds is 6. The molecule has 1 saturated carbocycles. The molecular weight excluding hydrogens is 418 g/mol. The number of aromatic nitrogens is 2. The first kappa shape index (κ1) is 21.5. The van der Waals surface area contributed by atoms with E-state index in [1.807, 2.05) is 41.3 Å². The quantitative estimate of drug-likeness (QED) is 0.621. The SMILES string of the molecule is COc1cc2nc(-c3ccc(C(=O)N4CCN(C)CC4)cc3)nc(NC3CC3)c2cc1OC. The van der Waals surface area contributed by atoms with Crippen LogP contribution in [0.3, 0.4) is 0 Å². The van der Waals surface area contributed by atoms with E-state index in [0.717, 1.165) is 61.3 Å². The first-order valence-electron chi connectivity index (χ1n) is 11.3. The molecule has 5 rings (SSSR count). The number of hydrogen-bond acceptors (Lipinski definition) is 7. The lowest BCUT2D eigenvalue weighted by molar-refractivity contribution is 0.0664. The second kappa shape index (κ2) is 8.86. The highest BCUT2D eigenvalue weighted by molar-refractivity contribution is 5.95. The van der Waals surface area contributed by atoms with Crippen LogP contribution in [0, 0.1) is 0 Å². The van der Waals surface area contributed by atoms with Crippen molar-refractivity contribution in [2.45, 2.75) is 18.9 Å². The summed E-state index contributed by atoms with van der Waals surface area (Å²) in [4.78, 5) is 26.7. The fraction of sp³-hybridized carbons (Fsp3) is 0.400. The number of likely N-dealkylation sites (N-methyl/N-ethyl adjacent to an activating group) is 1. The maximum absolute atomic E-state index is 12.9. The van der Waals surface area contributed by atoms with Gasteiger partial charge in [-0.05, 0) is 38.1 Å². The van der Waals surface area contributed by atoms with Crippen LogP contribution in [0.2, 0.25) is 0 Å². The molecule has 1 amide bonds. The van der Waals surface area contributed by atoms with Crippen LogP contribution in [0.4, 0.5) is 5.82 Å². The normalized spacial score (nSPS) is 16.6. The number of carbonyl (C=O) groups is 1. The number of ether oxygens (including phenoxy) is 2. The minimum Gasteiger partial charge on any atom is -0.493 e. The molecule has 0 unspecified atom stereocenters. The van der Waals surface area contributed by atoms with Crippen LogP contribution in [0.1, 0.15) is 23.2 Å². The van der Waals surface area contributed by atoms with Gasteiger partial charge in [0.2, 0.25) is 0 Å². The van der Waals surface area contributed by atoms with Crippen LogP contribution in [0.15, 0.2) is 36.4 Å². The largest absolute Gasteiger partial charge is 0.493 e. The van der Waals surface area contributed by atoms with Crippen molar-refractivity contribution in [2.75, 3.05) is 52.8 Å². The van der Waals surface area contributed by atoms with E-state index in [4.69, 9.17) is 19.4 Å². The van der Waals surface area contributed by atoms with Crippen LogP contribution in [-0.2, 0) is 0 Å². The Bertz CT molecular complexity index is 1170. The molecule has 8 nitrogen and oxygen atoms in total. The van der Waals surface area contributed by atoms with Crippen LogP contribution in [0.25, 0.3) is 22.3 Å². The van der Waals surface area contributed by atoms with Gasteiger partial charge in [0.25, 0.3) is 5.91 Å². The summed E-state index contributed by atoms with van der Waals surface area (Å²) >= 11 is 0. The number of benzene rings is 2. The zero-order valence-corrected chi connectivity index (χ0v) is 19.3. The van der Waals surface area contributed by atoms with Gasteiger partial charge in [-0.1, -0.05) is 12.1 Å². The van der Waals surface area contributed by atoms with Gasteiger partial charge in [0, 0.05) is 54.8 Å². The second-order valence-corrected chi connectivity index (χ2v) is 8.71. The molecule has 1 aromatic heterocycles. The highest BCUT2D eigenvalue weighted by Crippen LogP contribution is 2.36. The Hall–Kier alpha value is -3.39. The van der Waals surface area contributed by atoms with Crippen molar-refractivity contribution < 1.29 is 14.3 Å². The van der Waals surface area contributed by atoms with Crippen LogP contribution < -0.4 is 14.8 Å². The lowest BCUT2D eigenvalue weighted by Crippen LogP contribution is -2.47. The van der Waals surface area contributed by atoms with Gasteiger partial charge < -0.3 is 24.6 Å². The first-order chi connectivity index (χ1) is 16.1. The van der Waals surface area contributed by atoms with Gasteiger partial charge in [0.05, 0.1) is 19.7 Å². The second-order valence-electron chi connectivity index (χ2n) is 8.71. The van der Waals surface area contributed by atoms with E-state index in [1.54, 1.807) is 14.2 Å². The van der Waals surface area contributed by atoms with Gasteiger partial charge in [0.15, 0.2) is 17.3 Å². The fourth-order valence-corrected chi connectivity index (χ4v) is 4.07. The van der Waals surface area contributed by atoms with E-state index in [1.165, 1.54) is 0 Å². The molecule has 1 aliphatic carbocycles. The third-order valence-electron chi connectivity index (χ3n) is 6.30. The summed E-state index contributed by atoms with van der Waals surface area (Å²) in [7, 11) is 5.32. The molecule has 1 N–H and O–H groups in total. The number of nitrogens with one attached hydrogen (secondary N) is 1. The van der Waals surface area contributed by atoms with E-state index in [0.29, 0.717) is 28.9 Å². The monoisotopic (exact) mass is 447 g/mol. The highest BCUT2D eigenvalue weighted by Gasteiger charge is 2.24. The smallest absolute Gasteiger partial charge is 0.253 e. The minimum absolute atomic E-state index is 0.0713. The number of nitrogens with zero attached hydrogens (tertiary/aromatic N) is 4. The Morgan fingerprint density at radius 2 is 1.64 bits per heavy atom. The molecule has 2 fully saturated rings. The van der Waals surface area contributed by atoms with Crippen molar-refractivity contribution in [3.8, 4) is 22.9 Å². The van der Waals surface area contributed by atoms with E-state index < -0.39 is 0 Å². The number of anilines is 1. The average Bonchev–Trinajstić information content (AvgIpc) is 3.67. The number of fused-ring (bicyclic) bond motifs is 1. The molecule has 2 aliphatic rings. The molecule has 0 spiro atoms. The highest BCUT2D eigenvalue weighted by atomic mass is 16.5. The Morgan fingerprint density at radius 1 is 0.970 bits per heavy atom. The third-order valence-corrected chi connectivity index (χ3v) is 6.30. The van der Waals surface area contributed by atoms with Crippen LogP contribution >= 0.6 is 0 Å². The molecule has 0 bridgehead atoms. The van der Waals surface area contributed by atoms with Gasteiger partial charge in [-0.3, -0.25) is 4.79 Å². The van der Waals surface area contributed by atoms with Gasteiger partial charge in [-0.25, -0.2) is 9.97 Å². The number of methoxy groups -OCH3 is 2. The van der Waals surface area contributed by atoms with E-state index in [-0.39, 0.29) is 5.91 Å². The van der Waals surface area contributed by atoms with Crippen molar-refractivity contribution in [3.63, 3.8) is 0 Å². The third kappa shape index (κ3) is 4.43. The molecule has 33 heavy (non-hydrogen) atoms. The number of amides is 1. The molecule has 3 aromatic rings. The Labute approximate surface area is 193 Å². The maximum atomic E-state index is 12.9. The predicted octanol–water partition coefficient (Wildman–Crippen LogP) is 3.28. The maximum Gasteiger partial charge on any atom is 0.253 e. The van der Waals surface area contributed by atoms with E-state index in [9.17, 15) is 4.79 Å². The number of carbonyl (C=O) groups excluding carboxylic acids is 1. The molecule has 0 atom stereocenters. The zero-order chi connectivity index (χ0) is 22.9. The first-order valence-corrected chi connectivity index (χ1v) is 11.3. The summed E-state index contributed by atoms with van der Waals surface area (Å²) in [6.45, 7) is 3.32. The summed E-state index contributed by atoms with van der Waals surface area (Å²) in [6.07, 6.45) is 2.27. The van der Waals surface area contributed by atoms with E-state index >= 15 is 0 Å². The Morgan fingerprint density at radius 3 is 2.27 bits per heavy atom. The summed E-state index contributed by atoms with van der Waals surface area (Å²) in [5.41, 5.74) is 2.32. The summed E-state index contributed by atoms with van der Waals surface area (Å²) in [5.74, 6) is 2.74. The van der Waals surface area contributed by atoms with Crippen LogP contribution in [-0.4, -0.2) is 79.2 Å². The topological polar surface area (TPSA) is 79.8 Å². The predicted molar refractivity (Wildman–Crippen MR) is 128 cm³/mol. The molecular formula is C25H29N5O3. The minimum atomic E-state index is 0.0713. The average molecular weight is 448 g/mol. The molecule has 0 radical (unpaired) electrons. The lowest BCUT2D eigenvalue weighted by atomic mass is 10.1. The standard InChI is InChI=1S/C25H29N5O3/c1-29-10-12-30(13-11-29)25(31)17-6-4-16(5-7-17)23-27-20-15-22(33-3)21(32-2)14-19(20)24(28-23)26-18-8-9-18/h4-7,14-15,18H,8-13H2,1-3H3,(H,26,27,28). The molecule has 172 valence electrons. The zero-order valence-electron chi connectivity index (χ0n) is 19.3. The number of piperazine rings is 1. The molecule has 1 saturated heterocycles. The summed E-state index contributed by atoms with van der Waals surface area (Å²) in [5, 5.41) is 4.42. The van der Waals surface area contributed by atoms with Crippen molar-refractivity contribution in [1.29, 1.82) is 0 Å². The Kier molecular flexibility index (Phi) is 5.76. The van der Waals surface area contributed by atoms with Crippen molar-refractivity contribution >= 4 is 22.6 Å². The van der Waals surface area contributed by atoms with Crippen LogP contribution in [0.5, 0.6) is 11.5 Å². The molecule has 8 heteroatoms.